The first kappa shape index (κ1) is 25.8. The number of benzene rings is 2. The Morgan fingerprint density at radius 3 is 2.55 bits per heavy atom. The zero-order valence-electron chi connectivity index (χ0n) is 20.2. The molecule has 2 aliphatic heterocycles. The van der Waals surface area contributed by atoms with Gasteiger partial charge in [0.05, 0.1) is 6.04 Å². The molecular formula is C26H21F4N3O4S. The fourth-order valence-corrected chi connectivity index (χ4v) is 5.80. The summed E-state index contributed by atoms with van der Waals surface area (Å²) in [6.45, 7) is 1.31. The number of nitrogens with zero attached hydrogens (tertiary/aromatic N) is 3. The number of aromatic nitrogens is 1. The van der Waals surface area contributed by atoms with Gasteiger partial charge in [-0.3, -0.25) is 24.1 Å². The number of esters is 1. The van der Waals surface area contributed by atoms with Gasteiger partial charge in [0.1, 0.15) is 18.5 Å². The third-order valence-corrected chi connectivity index (χ3v) is 7.70. The van der Waals surface area contributed by atoms with E-state index in [1.54, 1.807) is 18.2 Å². The lowest BCUT2D eigenvalue weighted by molar-refractivity contribution is -0.173. The highest BCUT2D eigenvalue weighted by molar-refractivity contribution is 7.98. The van der Waals surface area contributed by atoms with Gasteiger partial charge in [-0.05, 0) is 41.8 Å². The molecule has 38 heavy (non-hydrogen) atoms. The molecule has 12 heteroatoms. The molecule has 198 valence electrons. The molecule has 1 amide bonds. The van der Waals surface area contributed by atoms with E-state index in [-0.39, 0.29) is 0 Å². The summed E-state index contributed by atoms with van der Waals surface area (Å²) in [7, 11) is 0. The normalized spacial score (nSPS) is 17.7. The first-order chi connectivity index (χ1) is 18.0. The summed E-state index contributed by atoms with van der Waals surface area (Å²) < 4.78 is 62.6. The standard InChI is InChI=1S/C26H21F4N3O4S/c1-14(26(28,29)30)31-13-33(32-10-9-20(35)24(37-15(2)34)23(32)25(31)36)22-18-5-3-4-6-21(18)38-12-16-7-8-17(27)11-19(16)22/h3-11,14,22H,12-13H2,1-2H3/t14-,22-/m0/s1. The van der Waals surface area contributed by atoms with Crippen molar-refractivity contribution in [2.45, 2.75) is 42.8 Å². The maximum Gasteiger partial charge on any atom is 0.408 e. The molecular weight excluding hydrogens is 526 g/mol. The van der Waals surface area contributed by atoms with E-state index in [0.717, 1.165) is 30.4 Å². The summed E-state index contributed by atoms with van der Waals surface area (Å²) >= 11 is 1.49. The van der Waals surface area contributed by atoms with E-state index in [1.165, 1.54) is 39.8 Å². The van der Waals surface area contributed by atoms with E-state index < -0.39 is 59.5 Å². The minimum absolute atomic E-state index is 0.480. The Labute approximate surface area is 218 Å². The number of alkyl halides is 3. The summed E-state index contributed by atoms with van der Waals surface area (Å²) in [5.74, 6) is -2.78. The number of carbonyl (C=O) groups is 2. The summed E-state index contributed by atoms with van der Waals surface area (Å²) in [6, 6.07) is 9.46. The maximum absolute atomic E-state index is 14.6. The minimum atomic E-state index is -4.79. The van der Waals surface area contributed by atoms with Crippen molar-refractivity contribution in [2.75, 3.05) is 11.7 Å². The van der Waals surface area contributed by atoms with Crippen LogP contribution in [0.2, 0.25) is 0 Å². The van der Waals surface area contributed by atoms with Crippen molar-refractivity contribution < 1.29 is 31.9 Å². The molecule has 5 rings (SSSR count). The summed E-state index contributed by atoms with van der Waals surface area (Å²) in [5.41, 5.74) is 0.559. The van der Waals surface area contributed by atoms with Crippen molar-refractivity contribution in [2.24, 2.45) is 0 Å². The second-order valence-electron chi connectivity index (χ2n) is 8.94. The van der Waals surface area contributed by atoms with Gasteiger partial charge in [-0.15, -0.1) is 11.8 Å². The van der Waals surface area contributed by atoms with E-state index in [2.05, 4.69) is 0 Å². The molecule has 0 saturated heterocycles. The van der Waals surface area contributed by atoms with Crippen molar-refractivity contribution in [3.8, 4) is 5.75 Å². The lowest BCUT2D eigenvalue weighted by Crippen LogP contribution is -2.60. The Balaban J connectivity index is 1.81. The first-order valence-electron chi connectivity index (χ1n) is 11.6. The Morgan fingerprint density at radius 2 is 1.84 bits per heavy atom. The van der Waals surface area contributed by atoms with Gasteiger partial charge in [0.25, 0.3) is 5.91 Å². The predicted octanol–water partition coefficient (Wildman–Crippen LogP) is 4.61. The molecule has 3 heterocycles. The van der Waals surface area contributed by atoms with Crippen LogP contribution in [0.1, 0.15) is 47.1 Å². The van der Waals surface area contributed by atoms with Gasteiger partial charge in [0.15, 0.2) is 5.69 Å². The first-order valence-corrected chi connectivity index (χ1v) is 12.5. The molecule has 0 aliphatic carbocycles. The third-order valence-electron chi connectivity index (χ3n) is 6.56. The highest BCUT2D eigenvalue weighted by Gasteiger charge is 2.48. The van der Waals surface area contributed by atoms with E-state index in [0.29, 0.717) is 21.8 Å². The molecule has 3 aromatic rings. The Hall–Kier alpha value is -3.80. The van der Waals surface area contributed by atoms with E-state index in [1.807, 2.05) is 12.1 Å². The molecule has 2 atom stereocenters. The Kier molecular flexibility index (Phi) is 6.46. The molecule has 0 fully saturated rings. The minimum Gasteiger partial charge on any atom is -0.420 e. The lowest BCUT2D eigenvalue weighted by Gasteiger charge is -2.46. The molecule has 0 unspecified atom stereocenters. The summed E-state index contributed by atoms with van der Waals surface area (Å²) in [6.07, 6.45) is -3.54. The number of hydrogen-bond acceptors (Lipinski definition) is 6. The van der Waals surface area contributed by atoms with Gasteiger partial charge in [-0.1, -0.05) is 24.3 Å². The number of pyridine rings is 1. The van der Waals surface area contributed by atoms with Crippen LogP contribution >= 0.6 is 11.8 Å². The maximum atomic E-state index is 14.6. The highest BCUT2D eigenvalue weighted by Crippen LogP contribution is 2.43. The quantitative estimate of drug-likeness (QED) is 0.353. The number of thioether (sulfide) groups is 1. The monoisotopic (exact) mass is 547 g/mol. The number of ether oxygens (including phenoxy) is 1. The van der Waals surface area contributed by atoms with Gasteiger partial charge >= 0.3 is 12.1 Å². The van der Waals surface area contributed by atoms with Crippen molar-refractivity contribution in [1.29, 1.82) is 0 Å². The van der Waals surface area contributed by atoms with Crippen LogP contribution in [0.15, 0.2) is 64.4 Å². The molecule has 0 radical (unpaired) electrons. The van der Waals surface area contributed by atoms with Crippen LogP contribution in [0, 0.1) is 5.82 Å². The fourth-order valence-electron chi connectivity index (χ4n) is 4.70. The van der Waals surface area contributed by atoms with Crippen LogP contribution in [0.25, 0.3) is 0 Å². The number of carbonyl (C=O) groups excluding carboxylic acids is 2. The van der Waals surface area contributed by atoms with Gasteiger partial charge in [-0.25, -0.2) is 4.39 Å². The average molecular weight is 548 g/mol. The predicted molar refractivity (Wildman–Crippen MR) is 131 cm³/mol. The van der Waals surface area contributed by atoms with Crippen LogP contribution in [0.3, 0.4) is 0 Å². The van der Waals surface area contributed by atoms with Crippen LogP contribution in [-0.2, 0) is 10.5 Å². The molecule has 1 aromatic heterocycles. The topological polar surface area (TPSA) is 71.8 Å². The van der Waals surface area contributed by atoms with E-state index in [9.17, 15) is 31.9 Å². The Morgan fingerprint density at radius 1 is 1.11 bits per heavy atom. The number of fused-ring (bicyclic) bond motifs is 3. The van der Waals surface area contributed by atoms with Gasteiger partial charge in [0, 0.05) is 29.8 Å². The van der Waals surface area contributed by atoms with Gasteiger partial charge < -0.3 is 9.64 Å². The molecule has 2 aromatic carbocycles. The summed E-state index contributed by atoms with van der Waals surface area (Å²) in [5, 5.41) is 1.45. The largest absolute Gasteiger partial charge is 0.420 e. The average Bonchev–Trinajstić information content (AvgIpc) is 3.01. The van der Waals surface area contributed by atoms with Crippen LogP contribution in [0.5, 0.6) is 5.75 Å². The molecule has 7 nitrogen and oxygen atoms in total. The highest BCUT2D eigenvalue weighted by atomic mass is 32.2. The fraction of sp³-hybridized carbons (Fsp3) is 0.269. The SMILES string of the molecule is CC(=O)Oc1c2n(ccc1=O)N([C@@H]1c3cc(F)ccc3CSc3ccccc31)CN([C@@H](C)C(F)(F)F)C2=O. The molecule has 0 spiro atoms. The summed E-state index contributed by atoms with van der Waals surface area (Å²) in [4.78, 5) is 39.3. The number of hydrogen-bond donors (Lipinski definition) is 0. The second-order valence-corrected chi connectivity index (χ2v) is 9.96. The number of halogens is 4. The molecule has 0 saturated carbocycles. The molecule has 2 aliphatic rings. The van der Waals surface area contributed by atoms with Crippen LogP contribution in [0.4, 0.5) is 17.6 Å². The number of amides is 1. The van der Waals surface area contributed by atoms with Crippen molar-refractivity contribution >= 4 is 23.6 Å². The number of rotatable bonds is 3. The van der Waals surface area contributed by atoms with Crippen molar-refractivity contribution in [3.63, 3.8) is 0 Å². The smallest absolute Gasteiger partial charge is 0.408 e. The van der Waals surface area contributed by atoms with Crippen molar-refractivity contribution in [3.05, 3.63) is 93.2 Å². The van der Waals surface area contributed by atoms with Gasteiger partial charge in [-0.2, -0.15) is 13.2 Å². The van der Waals surface area contributed by atoms with Crippen molar-refractivity contribution in [1.82, 2.24) is 9.58 Å². The Bertz CT molecular complexity index is 1510. The van der Waals surface area contributed by atoms with Crippen LogP contribution in [-0.4, -0.2) is 40.3 Å². The van der Waals surface area contributed by atoms with Crippen LogP contribution < -0.4 is 15.2 Å². The zero-order chi connectivity index (χ0) is 27.4. The molecule has 0 N–H and O–H groups in total. The van der Waals surface area contributed by atoms with E-state index >= 15 is 0 Å². The third kappa shape index (κ3) is 4.42. The zero-order valence-corrected chi connectivity index (χ0v) is 21.0. The second kappa shape index (κ2) is 9.50. The van der Waals surface area contributed by atoms with Gasteiger partial charge in [0.2, 0.25) is 11.2 Å². The van der Waals surface area contributed by atoms with E-state index in [4.69, 9.17) is 4.74 Å². The molecule has 0 bridgehead atoms. The lowest BCUT2D eigenvalue weighted by atomic mass is 9.94.